The van der Waals surface area contributed by atoms with Crippen molar-refractivity contribution in [1.29, 1.82) is 5.26 Å². The fraction of sp³-hybridized carbons (Fsp3) is 0.500. The van der Waals surface area contributed by atoms with Crippen LogP contribution in [0.1, 0.15) is 57.2 Å². The number of likely N-dealkylation sites (tertiary alicyclic amines) is 1. The molecule has 0 spiro atoms. The van der Waals surface area contributed by atoms with Crippen molar-refractivity contribution in [2.24, 2.45) is 0 Å². The van der Waals surface area contributed by atoms with E-state index >= 15 is 0 Å². The Kier molecular flexibility index (Phi) is 7.85. The standard InChI is InChI=1S/C34H43N3O3/c1-23(2)37(24(3)4)28-21-34(38)30-19-26-14-15-29(39-6)32(40-18-10-13-25-11-8-7-9-12-25)31(26)33(34,16-17-36(30)5)20-27(28)22-35/h7-15,20,23-24,28,30,38H,16-19,21H2,1-6H3/b13-10+/t28-,30-,33-,34-/m1/s1. The number of nitrogens with zero attached hydrogens (tertiary/aromatic N) is 3. The monoisotopic (exact) mass is 541 g/mol. The van der Waals surface area contributed by atoms with Gasteiger partial charge in [-0.25, -0.2) is 0 Å². The van der Waals surface area contributed by atoms with Crippen molar-refractivity contribution < 1.29 is 14.6 Å². The zero-order chi connectivity index (χ0) is 28.7. The number of rotatable bonds is 8. The van der Waals surface area contributed by atoms with Crippen molar-refractivity contribution in [3.8, 4) is 17.6 Å². The maximum Gasteiger partial charge on any atom is 0.166 e. The van der Waals surface area contributed by atoms with E-state index in [1.165, 1.54) is 0 Å². The van der Waals surface area contributed by atoms with Gasteiger partial charge in [-0.05, 0) is 83.8 Å². The van der Waals surface area contributed by atoms with Crippen LogP contribution in [-0.4, -0.2) is 72.0 Å². The summed E-state index contributed by atoms with van der Waals surface area (Å²) in [6.07, 6.45) is 8.09. The molecule has 1 fully saturated rings. The van der Waals surface area contributed by atoms with Gasteiger partial charge < -0.3 is 19.5 Å². The number of nitriles is 1. The van der Waals surface area contributed by atoms with E-state index in [4.69, 9.17) is 9.47 Å². The summed E-state index contributed by atoms with van der Waals surface area (Å²) in [6, 6.07) is 17.1. The molecule has 6 heteroatoms. The van der Waals surface area contributed by atoms with Crippen molar-refractivity contribution in [3.05, 3.63) is 76.9 Å². The van der Waals surface area contributed by atoms with E-state index in [2.05, 4.69) is 74.9 Å². The van der Waals surface area contributed by atoms with Crippen molar-refractivity contribution in [1.82, 2.24) is 9.80 Å². The number of likely N-dealkylation sites (N-methyl/N-ethyl adjacent to an activating group) is 1. The molecule has 0 unspecified atom stereocenters. The highest BCUT2D eigenvalue weighted by Crippen LogP contribution is 2.60. The fourth-order valence-electron chi connectivity index (χ4n) is 7.75. The number of hydrogen-bond donors (Lipinski definition) is 1. The highest BCUT2D eigenvalue weighted by Gasteiger charge is 2.65. The summed E-state index contributed by atoms with van der Waals surface area (Å²) in [5, 5.41) is 23.4. The fourth-order valence-corrected chi connectivity index (χ4v) is 7.75. The van der Waals surface area contributed by atoms with E-state index in [9.17, 15) is 10.4 Å². The van der Waals surface area contributed by atoms with Gasteiger partial charge in [-0.2, -0.15) is 5.26 Å². The second-order valence-electron chi connectivity index (χ2n) is 12.2. The first-order valence-electron chi connectivity index (χ1n) is 14.5. The molecular formula is C34H43N3O3. The van der Waals surface area contributed by atoms with Crippen LogP contribution in [0.3, 0.4) is 0 Å². The van der Waals surface area contributed by atoms with Gasteiger partial charge in [0.15, 0.2) is 11.5 Å². The molecule has 4 atom stereocenters. The lowest BCUT2D eigenvalue weighted by Gasteiger charge is -2.63. The molecule has 3 aliphatic rings. The third-order valence-electron chi connectivity index (χ3n) is 9.38. The molecule has 0 radical (unpaired) electrons. The summed E-state index contributed by atoms with van der Waals surface area (Å²) in [4.78, 5) is 4.69. The van der Waals surface area contributed by atoms with E-state index in [-0.39, 0.29) is 24.2 Å². The van der Waals surface area contributed by atoms with E-state index in [0.29, 0.717) is 30.9 Å². The molecule has 2 aromatic carbocycles. The van der Waals surface area contributed by atoms with Crippen LogP contribution in [0.5, 0.6) is 11.5 Å². The van der Waals surface area contributed by atoms with Crippen LogP contribution >= 0.6 is 0 Å². The molecule has 0 aromatic heterocycles. The lowest BCUT2D eigenvalue weighted by Crippen LogP contribution is -2.73. The van der Waals surface area contributed by atoms with Crippen molar-refractivity contribution in [2.45, 2.75) is 82.1 Å². The average Bonchev–Trinajstić information content (AvgIpc) is 2.92. The van der Waals surface area contributed by atoms with Gasteiger partial charge in [-0.3, -0.25) is 4.90 Å². The van der Waals surface area contributed by atoms with E-state index < -0.39 is 11.0 Å². The van der Waals surface area contributed by atoms with Crippen LogP contribution in [0, 0.1) is 11.3 Å². The SMILES string of the molecule is COc1ccc2c(c1OC/C=C/c1ccccc1)[C@@]13C=C(C#N)[C@H](N(C(C)C)C(C)C)C[C@@]1(O)[C@@H](C2)N(C)CC3. The van der Waals surface area contributed by atoms with Crippen LogP contribution in [0.2, 0.25) is 0 Å². The first kappa shape index (κ1) is 28.4. The number of methoxy groups -OCH3 is 1. The molecule has 5 rings (SSSR count). The number of benzene rings is 2. The van der Waals surface area contributed by atoms with Gasteiger partial charge in [0, 0.05) is 35.3 Å². The Morgan fingerprint density at radius 2 is 1.88 bits per heavy atom. The maximum atomic E-state index is 13.0. The number of fused-ring (bicyclic) bond motifs is 1. The second kappa shape index (κ2) is 11.0. The summed E-state index contributed by atoms with van der Waals surface area (Å²) in [6.45, 7) is 9.89. The van der Waals surface area contributed by atoms with Gasteiger partial charge in [0.2, 0.25) is 0 Å². The lowest BCUT2D eigenvalue weighted by atomic mass is 9.50. The number of hydrogen-bond acceptors (Lipinski definition) is 6. The summed E-state index contributed by atoms with van der Waals surface area (Å²) in [7, 11) is 3.78. The molecule has 0 saturated carbocycles. The third-order valence-corrected chi connectivity index (χ3v) is 9.38. The predicted molar refractivity (Wildman–Crippen MR) is 160 cm³/mol. The molecule has 2 aromatic rings. The molecule has 2 aliphatic carbocycles. The van der Waals surface area contributed by atoms with Crippen molar-refractivity contribution in [2.75, 3.05) is 27.3 Å². The smallest absolute Gasteiger partial charge is 0.166 e. The van der Waals surface area contributed by atoms with Crippen LogP contribution in [0.25, 0.3) is 6.08 Å². The summed E-state index contributed by atoms with van der Waals surface area (Å²) < 4.78 is 12.4. The highest BCUT2D eigenvalue weighted by atomic mass is 16.5. The molecule has 6 nitrogen and oxygen atoms in total. The van der Waals surface area contributed by atoms with E-state index in [0.717, 1.165) is 35.2 Å². The largest absolute Gasteiger partial charge is 0.493 e. The molecular weight excluding hydrogens is 498 g/mol. The van der Waals surface area contributed by atoms with Crippen LogP contribution in [0.4, 0.5) is 0 Å². The Morgan fingerprint density at radius 3 is 2.52 bits per heavy atom. The molecule has 1 aliphatic heterocycles. The van der Waals surface area contributed by atoms with Crippen LogP contribution < -0.4 is 9.47 Å². The Balaban J connectivity index is 1.65. The van der Waals surface area contributed by atoms with Crippen LogP contribution in [0.15, 0.2) is 60.2 Å². The molecule has 0 amide bonds. The molecule has 2 bridgehead atoms. The van der Waals surface area contributed by atoms with Gasteiger partial charge in [0.05, 0.1) is 24.2 Å². The maximum absolute atomic E-state index is 13.0. The highest BCUT2D eigenvalue weighted by molar-refractivity contribution is 5.63. The minimum absolute atomic E-state index is 0.0619. The topological polar surface area (TPSA) is 69.0 Å². The molecule has 212 valence electrons. The number of piperidine rings is 1. The van der Waals surface area contributed by atoms with Gasteiger partial charge in [0.25, 0.3) is 0 Å². The summed E-state index contributed by atoms with van der Waals surface area (Å²) >= 11 is 0. The predicted octanol–water partition coefficient (Wildman–Crippen LogP) is 5.36. The number of aliphatic hydroxyl groups is 1. The first-order chi connectivity index (χ1) is 19.2. The first-order valence-corrected chi connectivity index (χ1v) is 14.5. The molecule has 1 heterocycles. The Hall–Kier alpha value is -3.11. The van der Waals surface area contributed by atoms with Gasteiger partial charge in [-0.1, -0.05) is 48.6 Å². The van der Waals surface area contributed by atoms with Gasteiger partial charge >= 0.3 is 0 Å². The zero-order valence-corrected chi connectivity index (χ0v) is 24.7. The van der Waals surface area contributed by atoms with Crippen molar-refractivity contribution in [3.63, 3.8) is 0 Å². The summed E-state index contributed by atoms with van der Waals surface area (Å²) in [5.74, 6) is 1.33. The zero-order valence-electron chi connectivity index (χ0n) is 24.7. The third kappa shape index (κ3) is 4.55. The average molecular weight is 542 g/mol. The minimum Gasteiger partial charge on any atom is -0.493 e. The van der Waals surface area contributed by atoms with Crippen molar-refractivity contribution >= 4 is 6.08 Å². The molecule has 1 saturated heterocycles. The van der Waals surface area contributed by atoms with E-state index in [1.54, 1.807) is 7.11 Å². The van der Waals surface area contributed by atoms with Gasteiger partial charge in [-0.15, -0.1) is 0 Å². The normalized spacial score (nSPS) is 27.9. The Morgan fingerprint density at radius 1 is 1.15 bits per heavy atom. The molecule has 1 N–H and O–H groups in total. The number of ether oxygens (including phenoxy) is 2. The Bertz CT molecular complexity index is 1320. The lowest BCUT2D eigenvalue weighted by molar-refractivity contribution is -0.145. The van der Waals surface area contributed by atoms with Gasteiger partial charge in [0.1, 0.15) is 6.61 Å². The van der Waals surface area contributed by atoms with E-state index in [1.807, 2.05) is 36.4 Å². The summed E-state index contributed by atoms with van der Waals surface area (Å²) in [5.41, 5.74) is 2.18. The minimum atomic E-state index is -1.07. The Labute approximate surface area is 239 Å². The molecule has 40 heavy (non-hydrogen) atoms. The van der Waals surface area contributed by atoms with Crippen LogP contribution in [-0.2, 0) is 11.8 Å². The second-order valence-corrected chi connectivity index (χ2v) is 12.2. The quantitative estimate of drug-likeness (QED) is 0.486.